The maximum Gasteiger partial charge on any atom is 0.223 e. The first kappa shape index (κ1) is 11.9. The number of hydrogen-bond donors (Lipinski definition) is 1. The largest absolute Gasteiger partial charge is 0.358 e. The third-order valence-electron chi connectivity index (χ3n) is 1.45. The summed E-state index contributed by atoms with van der Waals surface area (Å²) in [6.45, 7) is 4.04. The highest BCUT2D eigenvalue weighted by molar-refractivity contribution is 5.45. The van der Waals surface area contributed by atoms with Gasteiger partial charge in [0, 0.05) is 13.7 Å². The molecule has 0 radical (unpaired) electrons. The van der Waals surface area contributed by atoms with E-state index in [1.165, 1.54) is 5.01 Å². The van der Waals surface area contributed by atoms with Crippen molar-refractivity contribution in [3.8, 4) is 6.07 Å². The SMILES string of the molecule is CCOC(C)(CC#N)NN(C)C=O. The number of amides is 1. The Morgan fingerprint density at radius 2 is 2.38 bits per heavy atom. The van der Waals surface area contributed by atoms with Crippen LogP contribution >= 0.6 is 0 Å². The van der Waals surface area contributed by atoms with Gasteiger partial charge in [-0.2, -0.15) is 5.26 Å². The molecule has 5 nitrogen and oxygen atoms in total. The van der Waals surface area contributed by atoms with Gasteiger partial charge in [0.05, 0.1) is 12.5 Å². The highest BCUT2D eigenvalue weighted by atomic mass is 16.5. The van der Waals surface area contributed by atoms with Crippen LogP contribution in [-0.4, -0.2) is 30.8 Å². The third-order valence-corrected chi connectivity index (χ3v) is 1.45. The van der Waals surface area contributed by atoms with Crippen molar-refractivity contribution in [2.75, 3.05) is 13.7 Å². The van der Waals surface area contributed by atoms with Crippen LogP contribution in [0.15, 0.2) is 0 Å². The number of rotatable bonds is 6. The molecule has 13 heavy (non-hydrogen) atoms. The molecule has 0 heterocycles. The summed E-state index contributed by atoms with van der Waals surface area (Å²) >= 11 is 0. The summed E-state index contributed by atoms with van der Waals surface area (Å²) in [4.78, 5) is 10.3. The summed E-state index contributed by atoms with van der Waals surface area (Å²) < 4.78 is 5.31. The van der Waals surface area contributed by atoms with Crippen molar-refractivity contribution in [1.29, 1.82) is 5.26 Å². The average molecular weight is 185 g/mol. The van der Waals surface area contributed by atoms with Gasteiger partial charge in [-0.25, -0.2) is 5.43 Å². The van der Waals surface area contributed by atoms with Crippen molar-refractivity contribution in [2.24, 2.45) is 0 Å². The monoisotopic (exact) mass is 185 g/mol. The van der Waals surface area contributed by atoms with Crippen molar-refractivity contribution in [3.05, 3.63) is 0 Å². The fraction of sp³-hybridized carbons (Fsp3) is 0.750. The van der Waals surface area contributed by atoms with Crippen molar-refractivity contribution < 1.29 is 9.53 Å². The van der Waals surface area contributed by atoms with Gasteiger partial charge in [-0.3, -0.25) is 9.80 Å². The summed E-state index contributed by atoms with van der Waals surface area (Å²) in [5, 5.41) is 9.77. The number of carbonyl (C=O) groups is 1. The van der Waals surface area contributed by atoms with Crippen LogP contribution in [0.1, 0.15) is 20.3 Å². The predicted octanol–water partition coefficient (Wildman–Crippen LogP) is 0.246. The Morgan fingerprint density at radius 1 is 1.77 bits per heavy atom. The molecule has 74 valence electrons. The van der Waals surface area contributed by atoms with Gasteiger partial charge in [-0.15, -0.1) is 0 Å². The lowest BCUT2D eigenvalue weighted by Crippen LogP contribution is -2.52. The summed E-state index contributed by atoms with van der Waals surface area (Å²) in [5.41, 5.74) is 1.97. The fourth-order valence-corrected chi connectivity index (χ4v) is 0.992. The van der Waals surface area contributed by atoms with Gasteiger partial charge in [-0.1, -0.05) is 0 Å². The average Bonchev–Trinajstić information content (AvgIpc) is 2.04. The van der Waals surface area contributed by atoms with E-state index in [2.05, 4.69) is 5.43 Å². The van der Waals surface area contributed by atoms with E-state index in [-0.39, 0.29) is 6.42 Å². The summed E-state index contributed by atoms with van der Waals surface area (Å²) in [6.07, 6.45) is 0.799. The Morgan fingerprint density at radius 3 is 2.77 bits per heavy atom. The molecule has 0 saturated heterocycles. The van der Waals surface area contributed by atoms with Crippen LogP contribution < -0.4 is 5.43 Å². The molecule has 0 aliphatic rings. The molecule has 0 rings (SSSR count). The normalized spacial score (nSPS) is 14.3. The zero-order valence-electron chi connectivity index (χ0n) is 8.20. The quantitative estimate of drug-likeness (QED) is 0.366. The first-order chi connectivity index (χ1) is 6.08. The second-order valence-corrected chi connectivity index (χ2v) is 2.83. The smallest absolute Gasteiger partial charge is 0.223 e. The highest BCUT2D eigenvalue weighted by Gasteiger charge is 2.25. The standard InChI is InChI=1S/C8H15N3O2/c1-4-13-8(2,5-6-9)10-11(3)7-12/h7,10H,4-5H2,1-3H3. The number of nitrogens with one attached hydrogen (secondary N) is 1. The van der Waals surface area contributed by atoms with Crippen molar-refractivity contribution in [1.82, 2.24) is 10.4 Å². The van der Waals surface area contributed by atoms with E-state index in [9.17, 15) is 4.79 Å². The molecule has 0 aromatic rings. The topological polar surface area (TPSA) is 65.4 Å². The molecule has 1 amide bonds. The Kier molecular flexibility index (Phi) is 5.04. The molecular formula is C8H15N3O2. The minimum atomic E-state index is -0.792. The first-order valence-corrected chi connectivity index (χ1v) is 4.05. The molecule has 0 aromatic carbocycles. The van der Waals surface area contributed by atoms with Crippen LogP contribution in [0.25, 0.3) is 0 Å². The Bertz CT molecular complexity index is 202. The minimum Gasteiger partial charge on any atom is -0.358 e. The Balaban J connectivity index is 4.23. The van der Waals surface area contributed by atoms with E-state index in [0.29, 0.717) is 13.0 Å². The van der Waals surface area contributed by atoms with Crippen LogP contribution in [0.5, 0.6) is 0 Å². The summed E-state index contributed by atoms with van der Waals surface area (Å²) in [7, 11) is 1.56. The lowest BCUT2D eigenvalue weighted by atomic mass is 10.2. The number of nitrogens with zero attached hydrogens (tertiary/aromatic N) is 2. The summed E-state index contributed by atoms with van der Waals surface area (Å²) in [5.74, 6) is 0. The number of ether oxygens (including phenoxy) is 1. The van der Waals surface area contributed by atoms with Crippen molar-refractivity contribution in [3.63, 3.8) is 0 Å². The van der Waals surface area contributed by atoms with Crippen LogP contribution in [0.2, 0.25) is 0 Å². The number of hydrazine groups is 1. The van der Waals surface area contributed by atoms with Gasteiger partial charge in [-0.05, 0) is 13.8 Å². The maximum atomic E-state index is 10.3. The molecule has 1 N–H and O–H groups in total. The second kappa shape index (κ2) is 5.51. The number of hydrogen-bond acceptors (Lipinski definition) is 4. The van der Waals surface area contributed by atoms with E-state index >= 15 is 0 Å². The highest BCUT2D eigenvalue weighted by Crippen LogP contribution is 2.10. The lowest BCUT2D eigenvalue weighted by molar-refractivity contribution is -0.133. The van der Waals surface area contributed by atoms with Gasteiger partial charge in [0.2, 0.25) is 6.41 Å². The molecule has 0 saturated carbocycles. The fourth-order valence-electron chi connectivity index (χ4n) is 0.992. The molecule has 0 aliphatic carbocycles. The molecule has 5 heteroatoms. The minimum absolute atomic E-state index is 0.180. The molecular weight excluding hydrogens is 170 g/mol. The van der Waals surface area contributed by atoms with Crippen LogP contribution in [-0.2, 0) is 9.53 Å². The van der Waals surface area contributed by atoms with E-state index in [0.717, 1.165) is 0 Å². The Hall–Kier alpha value is -1.12. The summed E-state index contributed by atoms with van der Waals surface area (Å²) in [6, 6.07) is 1.99. The zero-order valence-corrected chi connectivity index (χ0v) is 8.20. The van der Waals surface area contributed by atoms with Gasteiger partial charge in [0.25, 0.3) is 0 Å². The molecule has 0 aliphatic heterocycles. The van der Waals surface area contributed by atoms with Crippen LogP contribution in [0, 0.1) is 11.3 Å². The van der Waals surface area contributed by atoms with Gasteiger partial charge < -0.3 is 4.74 Å². The van der Waals surface area contributed by atoms with E-state index in [1.54, 1.807) is 14.0 Å². The molecule has 0 spiro atoms. The van der Waals surface area contributed by atoms with Crippen molar-refractivity contribution >= 4 is 6.41 Å². The van der Waals surface area contributed by atoms with Crippen LogP contribution in [0.3, 0.4) is 0 Å². The maximum absolute atomic E-state index is 10.3. The van der Waals surface area contributed by atoms with E-state index < -0.39 is 5.72 Å². The lowest BCUT2D eigenvalue weighted by Gasteiger charge is -2.31. The molecule has 1 atom stereocenters. The van der Waals surface area contributed by atoms with Gasteiger partial charge in [0.1, 0.15) is 5.72 Å². The van der Waals surface area contributed by atoms with E-state index in [4.69, 9.17) is 10.00 Å². The van der Waals surface area contributed by atoms with Crippen molar-refractivity contribution in [2.45, 2.75) is 26.0 Å². The number of carbonyl (C=O) groups excluding carboxylic acids is 1. The third kappa shape index (κ3) is 4.45. The molecule has 1 unspecified atom stereocenters. The predicted molar refractivity (Wildman–Crippen MR) is 47.2 cm³/mol. The first-order valence-electron chi connectivity index (χ1n) is 4.05. The zero-order chi connectivity index (χ0) is 10.3. The van der Waals surface area contributed by atoms with Crippen LogP contribution in [0.4, 0.5) is 0 Å². The molecule has 0 fully saturated rings. The van der Waals surface area contributed by atoms with Gasteiger partial charge >= 0.3 is 0 Å². The second-order valence-electron chi connectivity index (χ2n) is 2.83. The number of nitriles is 1. The Labute approximate surface area is 78.2 Å². The van der Waals surface area contributed by atoms with Gasteiger partial charge in [0.15, 0.2) is 0 Å². The molecule has 0 aromatic heterocycles. The molecule has 0 bridgehead atoms. The van der Waals surface area contributed by atoms with E-state index in [1.807, 2.05) is 13.0 Å².